The van der Waals surface area contributed by atoms with Gasteiger partial charge in [-0.05, 0) is 39.3 Å². The number of carbonyl (C=O) groups excluding carboxylic acids is 1. The van der Waals surface area contributed by atoms with Crippen LogP contribution >= 0.6 is 0 Å². The maximum absolute atomic E-state index is 11.7. The lowest BCUT2D eigenvalue weighted by Crippen LogP contribution is -2.45. The van der Waals surface area contributed by atoms with E-state index in [2.05, 4.69) is 10.3 Å². The quantitative estimate of drug-likeness (QED) is 0.574. The van der Waals surface area contributed by atoms with Gasteiger partial charge in [-0.2, -0.15) is 0 Å². The van der Waals surface area contributed by atoms with Gasteiger partial charge in [0.15, 0.2) is 0 Å². The van der Waals surface area contributed by atoms with Crippen LogP contribution in [0.4, 0.5) is 4.79 Å². The maximum Gasteiger partial charge on any atom is 0.408 e. The summed E-state index contributed by atoms with van der Waals surface area (Å²) in [5, 5.41) is 29.9. The van der Waals surface area contributed by atoms with E-state index in [1.165, 1.54) is 18.3 Å². The number of ether oxygens (including phenoxy) is 1. The third-order valence-corrected chi connectivity index (χ3v) is 3.12. The van der Waals surface area contributed by atoms with E-state index in [0.717, 1.165) is 0 Å². The zero-order valence-electron chi connectivity index (χ0n) is 14.2. The lowest BCUT2D eigenvalue weighted by molar-refractivity contribution is -0.144. The average Bonchev–Trinajstić information content (AvgIpc) is 2.45. The van der Waals surface area contributed by atoms with E-state index in [9.17, 15) is 29.7 Å². The van der Waals surface area contributed by atoms with Crippen LogP contribution in [0.3, 0.4) is 0 Å². The minimum absolute atomic E-state index is 0.0462. The number of amides is 1. The second kappa shape index (κ2) is 8.32. The summed E-state index contributed by atoms with van der Waals surface area (Å²) in [6.07, 6.45) is -0.157. The molecule has 1 aromatic heterocycles. The summed E-state index contributed by atoms with van der Waals surface area (Å²) >= 11 is 0. The molecule has 9 heteroatoms. The minimum Gasteiger partial charge on any atom is -0.506 e. The highest BCUT2D eigenvalue weighted by Gasteiger charge is 2.30. The molecule has 0 saturated heterocycles. The Morgan fingerprint density at radius 2 is 1.84 bits per heavy atom. The standard InChI is InChI=1S/C16H22N2O7/c1-16(2,3)25-15(24)18-12(14(22)23)7-9(13(20)21)6-10-4-5-11(19)8-17-10/h4-5,8-9,12,19H,6-7H2,1-3H3,(H,18,24)(H,20,21)(H,22,23)/t9-,12+/m0/s1. The summed E-state index contributed by atoms with van der Waals surface area (Å²) in [5.41, 5.74) is -0.429. The highest BCUT2D eigenvalue weighted by atomic mass is 16.6. The molecule has 0 aliphatic carbocycles. The maximum atomic E-state index is 11.7. The van der Waals surface area contributed by atoms with Crippen molar-refractivity contribution < 1.29 is 34.4 Å². The Morgan fingerprint density at radius 1 is 1.20 bits per heavy atom. The highest BCUT2D eigenvalue weighted by Crippen LogP contribution is 2.16. The molecule has 25 heavy (non-hydrogen) atoms. The van der Waals surface area contributed by atoms with Gasteiger partial charge in [0.25, 0.3) is 0 Å². The molecule has 0 unspecified atom stereocenters. The van der Waals surface area contributed by atoms with E-state index in [1.54, 1.807) is 20.8 Å². The Hall–Kier alpha value is -2.84. The van der Waals surface area contributed by atoms with Crippen molar-refractivity contribution in [1.29, 1.82) is 0 Å². The molecule has 1 amide bonds. The van der Waals surface area contributed by atoms with Crippen molar-refractivity contribution in [2.75, 3.05) is 0 Å². The lowest BCUT2D eigenvalue weighted by atomic mass is 9.94. The van der Waals surface area contributed by atoms with Crippen molar-refractivity contribution in [1.82, 2.24) is 10.3 Å². The van der Waals surface area contributed by atoms with Crippen LogP contribution in [0.15, 0.2) is 18.3 Å². The van der Waals surface area contributed by atoms with Crippen molar-refractivity contribution >= 4 is 18.0 Å². The van der Waals surface area contributed by atoms with Gasteiger partial charge in [0.05, 0.1) is 12.1 Å². The van der Waals surface area contributed by atoms with E-state index in [4.69, 9.17) is 4.74 Å². The van der Waals surface area contributed by atoms with Gasteiger partial charge in [0.2, 0.25) is 0 Å². The molecule has 1 rings (SSSR count). The molecule has 1 heterocycles. The summed E-state index contributed by atoms with van der Waals surface area (Å²) in [4.78, 5) is 38.4. The van der Waals surface area contributed by atoms with Crippen LogP contribution in [0.5, 0.6) is 5.75 Å². The molecule has 0 spiro atoms. The molecule has 1 aromatic rings. The molecular weight excluding hydrogens is 332 g/mol. The van der Waals surface area contributed by atoms with Gasteiger partial charge in [0.1, 0.15) is 17.4 Å². The van der Waals surface area contributed by atoms with Crippen molar-refractivity contribution in [3.8, 4) is 5.75 Å². The molecule has 0 radical (unpaired) electrons. The second-order valence-electron chi connectivity index (χ2n) is 6.52. The van der Waals surface area contributed by atoms with E-state index in [0.29, 0.717) is 5.69 Å². The van der Waals surface area contributed by atoms with E-state index < -0.39 is 35.6 Å². The molecule has 0 aliphatic rings. The number of rotatable bonds is 7. The normalized spacial score (nSPS) is 13.6. The number of hydrogen-bond acceptors (Lipinski definition) is 6. The third-order valence-electron chi connectivity index (χ3n) is 3.12. The number of hydrogen-bond donors (Lipinski definition) is 4. The van der Waals surface area contributed by atoms with E-state index in [1.807, 2.05) is 0 Å². The Balaban J connectivity index is 2.80. The molecule has 0 aliphatic heterocycles. The van der Waals surface area contributed by atoms with Gasteiger partial charge in [-0.1, -0.05) is 0 Å². The minimum atomic E-state index is -1.42. The van der Waals surface area contributed by atoms with Crippen molar-refractivity contribution in [2.24, 2.45) is 5.92 Å². The van der Waals surface area contributed by atoms with Crippen molar-refractivity contribution in [3.05, 3.63) is 24.0 Å². The van der Waals surface area contributed by atoms with Crippen LogP contribution in [0.2, 0.25) is 0 Å². The van der Waals surface area contributed by atoms with Crippen LogP contribution in [-0.2, 0) is 20.7 Å². The topological polar surface area (TPSA) is 146 Å². The number of carboxylic acids is 2. The van der Waals surface area contributed by atoms with Crippen LogP contribution in [0.1, 0.15) is 32.9 Å². The number of aromatic hydroxyl groups is 1. The number of carbonyl (C=O) groups is 3. The first-order valence-electron chi connectivity index (χ1n) is 7.57. The molecule has 138 valence electrons. The summed E-state index contributed by atoms with van der Waals surface area (Å²) < 4.78 is 4.99. The molecule has 4 N–H and O–H groups in total. The predicted molar refractivity (Wildman–Crippen MR) is 86.1 cm³/mol. The number of aliphatic carboxylic acids is 2. The number of nitrogens with one attached hydrogen (secondary N) is 1. The lowest BCUT2D eigenvalue weighted by Gasteiger charge is -2.23. The number of nitrogens with zero attached hydrogens (tertiary/aromatic N) is 1. The van der Waals surface area contributed by atoms with Crippen molar-refractivity contribution in [2.45, 2.75) is 45.3 Å². The fourth-order valence-corrected chi connectivity index (χ4v) is 2.02. The van der Waals surface area contributed by atoms with Gasteiger partial charge < -0.3 is 25.4 Å². The summed E-state index contributed by atoms with van der Waals surface area (Å²) in [5.74, 6) is -3.73. The van der Waals surface area contributed by atoms with Crippen LogP contribution in [0, 0.1) is 5.92 Å². The highest BCUT2D eigenvalue weighted by molar-refractivity contribution is 5.81. The molecule has 0 bridgehead atoms. The Labute approximate surface area is 144 Å². The van der Waals surface area contributed by atoms with E-state index in [-0.39, 0.29) is 18.6 Å². The number of carboxylic acid groups (broad SMARTS) is 2. The Kier molecular flexibility index (Phi) is 6.72. The smallest absolute Gasteiger partial charge is 0.408 e. The Morgan fingerprint density at radius 3 is 2.28 bits per heavy atom. The van der Waals surface area contributed by atoms with Gasteiger partial charge in [0, 0.05) is 12.1 Å². The average molecular weight is 354 g/mol. The third kappa shape index (κ3) is 7.51. The molecule has 0 saturated carbocycles. The first-order valence-corrected chi connectivity index (χ1v) is 7.57. The fourth-order valence-electron chi connectivity index (χ4n) is 2.02. The molecule has 2 atom stereocenters. The summed E-state index contributed by atoms with van der Waals surface area (Å²) in [7, 11) is 0. The van der Waals surface area contributed by atoms with E-state index >= 15 is 0 Å². The number of alkyl carbamates (subject to hydrolysis) is 1. The van der Waals surface area contributed by atoms with Crippen LogP contribution < -0.4 is 5.32 Å². The second-order valence-corrected chi connectivity index (χ2v) is 6.52. The zero-order valence-corrected chi connectivity index (χ0v) is 14.2. The van der Waals surface area contributed by atoms with Gasteiger partial charge >= 0.3 is 18.0 Å². The monoisotopic (exact) mass is 354 g/mol. The summed E-state index contributed by atoms with van der Waals surface area (Å²) in [6.45, 7) is 4.87. The van der Waals surface area contributed by atoms with Crippen LogP contribution in [0.25, 0.3) is 0 Å². The number of aromatic nitrogens is 1. The van der Waals surface area contributed by atoms with Gasteiger partial charge in [-0.15, -0.1) is 0 Å². The Bertz CT molecular complexity index is 622. The summed E-state index contributed by atoms with van der Waals surface area (Å²) in [6, 6.07) is 1.38. The predicted octanol–water partition coefficient (Wildman–Crippen LogP) is 1.40. The first-order chi connectivity index (χ1) is 11.5. The molecule has 0 aromatic carbocycles. The molecule has 0 fully saturated rings. The van der Waals surface area contributed by atoms with Gasteiger partial charge in [-0.3, -0.25) is 9.78 Å². The fraction of sp³-hybridized carbons (Fsp3) is 0.500. The number of pyridine rings is 1. The molecular formula is C16H22N2O7. The zero-order chi connectivity index (χ0) is 19.2. The first kappa shape index (κ1) is 20.2. The van der Waals surface area contributed by atoms with Crippen molar-refractivity contribution in [3.63, 3.8) is 0 Å². The van der Waals surface area contributed by atoms with Gasteiger partial charge in [-0.25, -0.2) is 9.59 Å². The SMILES string of the molecule is CC(C)(C)OC(=O)N[C@H](C[C@H](Cc1ccc(O)cn1)C(=O)O)C(=O)O. The van der Waals surface area contributed by atoms with Crippen LogP contribution in [-0.4, -0.2) is 50.0 Å². The largest absolute Gasteiger partial charge is 0.506 e. The molecule has 9 nitrogen and oxygen atoms in total.